The molecule has 0 bridgehead atoms. The molecule has 0 saturated carbocycles. The SMILES string of the molecule is CCCn1c(NC(=O)C2CCN(C(=O)c3ccco3)CC2)nc2ccccc21. The number of hydrogen-bond acceptors (Lipinski definition) is 4. The molecule has 1 aliphatic heterocycles. The van der Waals surface area contributed by atoms with Crippen LogP contribution in [0, 0.1) is 5.92 Å². The standard InChI is InChI=1S/C21H24N4O3/c1-2-11-25-17-7-4-3-6-16(17)22-21(25)23-19(26)15-9-12-24(13-10-15)20(27)18-8-5-14-28-18/h3-8,14-15H,2,9-13H2,1H3,(H,22,23,26). The molecule has 1 N–H and O–H groups in total. The number of nitrogens with one attached hydrogen (secondary N) is 1. The van der Waals surface area contributed by atoms with Crippen LogP contribution in [-0.4, -0.2) is 39.4 Å². The molecule has 2 aromatic heterocycles. The Morgan fingerprint density at radius 2 is 1.96 bits per heavy atom. The maximum absolute atomic E-state index is 12.8. The normalized spacial score (nSPS) is 15.1. The minimum Gasteiger partial charge on any atom is -0.459 e. The van der Waals surface area contributed by atoms with Crippen LogP contribution in [0.4, 0.5) is 5.95 Å². The van der Waals surface area contributed by atoms with E-state index in [1.807, 2.05) is 24.3 Å². The molecule has 2 amide bonds. The number of carbonyl (C=O) groups is 2. The van der Waals surface area contributed by atoms with E-state index in [1.54, 1.807) is 17.0 Å². The third-order valence-corrected chi connectivity index (χ3v) is 5.22. The Balaban J connectivity index is 1.42. The van der Waals surface area contributed by atoms with E-state index < -0.39 is 0 Å². The monoisotopic (exact) mass is 380 g/mol. The number of amides is 2. The van der Waals surface area contributed by atoms with Crippen LogP contribution in [0.25, 0.3) is 11.0 Å². The van der Waals surface area contributed by atoms with E-state index in [0.717, 1.165) is 24.0 Å². The van der Waals surface area contributed by atoms with Gasteiger partial charge in [-0.3, -0.25) is 14.9 Å². The fourth-order valence-electron chi connectivity index (χ4n) is 3.73. The molecule has 146 valence electrons. The highest BCUT2D eigenvalue weighted by Gasteiger charge is 2.29. The Kier molecular flexibility index (Phi) is 5.14. The van der Waals surface area contributed by atoms with E-state index in [0.29, 0.717) is 37.6 Å². The fraction of sp³-hybridized carbons (Fsp3) is 0.381. The number of piperidine rings is 1. The van der Waals surface area contributed by atoms with Crippen molar-refractivity contribution in [3.63, 3.8) is 0 Å². The number of likely N-dealkylation sites (tertiary alicyclic amines) is 1. The van der Waals surface area contributed by atoms with E-state index in [4.69, 9.17) is 4.42 Å². The van der Waals surface area contributed by atoms with Gasteiger partial charge in [-0.1, -0.05) is 19.1 Å². The summed E-state index contributed by atoms with van der Waals surface area (Å²) in [6.07, 6.45) is 3.71. The first kappa shape index (κ1) is 18.3. The molecule has 0 radical (unpaired) electrons. The van der Waals surface area contributed by atoms with Crippen LogP contribution in [0.15, 0.2) is 47.1 Å². The number of rotatable bonds is 5. The summed E-state index contributed by atoms with van der Waals surface area (Å²) < 4.78 is 7.24. The van der Waals surface area contributed by atoms with Gasteiger partial charge in [0.2, 0.25) is 11.9 Å². The summed E-state index contributed by atoms with van der Waals surface area (Å²) in [5.41, 5.74) is 1.91. The van der Waals surface area contributed by atoms with Gasteiger partial charge in [0.25, 0.3) is 5.91 Å². The number of carbonyl (C=O) groups excluding carboxylic acids is 2. The molecule has 1 fully saturated rings. The lowest BCUT2D eigenvalue weighted by Gasteiger charge is -2.30. The van der Waals surface area contributed by atoms with Crippen molar-refractivity contribution in [3.8, 4) is 0 Å². The summed E-state index contributed by atoms with van der Waals surface area (Å²) in [6, 6.07) is 11.3. The molecule has 0 unspecified atom stereocenters. The molecule has 1 saturated heterocycles. The summed E-state index contributed by atoms with van der Waals surface area (Å²) in [5.74, 6) is 0.667. The van der Waals surface area contributed by atoms with Crippen molar-refractivity contribution in [2.75, 3.05) is 18.4 Å². The highest BCUT2D eigenvalue weighted by atomic mass is 16.3. The highest BCUT2D eigenvalue weighted by Crippen LogP contribution is 2.24. The van der Waals surface area contributed by atoms with Gasteiger partial charge in [-0.2, -0.15) is 0 Å². The summed E-state index contributed by atoms with van der Waals surface area (Å²) >= 11 is 0. The molecule has 0 atom stereocenters. The first-order chi connectivity index (χ1) is 13.7. The molecule has 7 nitrogen and oxygen atoms in total. The van der Waals surface area contributed by atoms with E-state index in [-0.39, 0.29) is 17.7 Å². The number of aryl methyl sites for hydroxylation is 1. The van der Waals surface area contributed by atoms with Gasteiger partial charge in [-0.25, -0.2) is 4.98 Å². The van der Waals surface area contributed by atoms with Crippen LogP contribution in [0.5, 0.6) is 0 Å². The first-order valence-electron chi connectivity index (χ1n) is 9.76. The molecule has 0 spiro atoms. The summed E-state index contributed by atoms with van der Waals surface area (Å²) in [6.45, 7) is 3.99. The Bertz CT molecular complexity index is 969. The minimum absolute atomic E-state index is 0.0299. The Morgan fingerprint density at radius 3 is 2.68 bits per heavy atom. The second-order valence-electron chi connectivity index (χ2n) is 7.11. The average Bonchev–Trinajstić information content (AvgIpc) is 3.37. The predicted octanol–water partition coefficient (Wildman–Crippen LogP) is 3.53. The number of imidazole rings is 1. The minimum atomic E-state index is -0.129. The lowest BCUT2D eigenvalue weighted by atomic mass is 9.96. The number of aromatic nitrogens is 2. The number of anilines is 1. The number of furan rings is 1. The molecular weight excluding hydrogens is 356 g/mol. The number of hydrogen-bond donors (Lipinski definition) is 1. The van der Waals surface area contributed by atoms with E-state index in [1.165, 1.54) is 6.26 Å². The topological polar surface area (TPSA) is 80.4 Å². The largest absolute Gasteiger partial charge is 0.459 e. The Hall–Kier alpha value is -3.09. The summed E-state index contributed by atoms with van der Waals surface area (Å²) in [7, 11) is 0. The number of para-hydroxylation sites is 2. The third kappa shape index (κ3) is 3.52. The van der Waals surface area contributed by atoms with Crippen molar-refractivity contribution in [2.45, 2.75) is 32.7 Å². The zero-order chi connectivity index (χ0) is 19.5. The predicted molar refractivity (Wildman–Crippen MR) is 106 cm³/mol. The van der Waals surface area contributed by atoms with Gasteiger partial charge in [0.05, 0.1) is 17.3 Å². The molecule has 3 heterocycles. The molecule has 0 aliphatic carbocycles. The van der Waals surface area contributed by atoms with Crippen LogP contribution in [0.2, 0.25) is 0 Å². The lowest BCUT2D eigenvalue weighted by molar-refractivity contribution is -0.121. The summed E-state index contributed by atoms with van der Waals surface area (Å²) in [5, 5.41) is 3.02. The lowest BCUT2D eigenvalue weighted by Crippen LogP contribution is -2.41. The second kappa shape index (κ2) is 7.88. The number of nitrogens with zero attached hydrogens (tertiary/aromatic N) is 3. The maximum atomic E-state index is 12.8. The smallest absolute Gasteiger partial charge is 0.289 e. The first-order valence-corrected chi connectivity index (χ1v) is 9.76. The molecule has 1 aliphatic rings. The third-order valence-electron chi connectivity index (χ3n) is 5.22. The van der Waals surface area contributed by atoms with Crippen molar-refractivity contribution < 1.29 is 14.0 Å². The zero-order valence-electron chi connectivity index (χ0n) is 15.9. The Labute approximate surface area is 163 Å². The molecular formula is C21H24N4O3. The van der Waals surface area contributed by atoms with Crippen LogP contribution < -0.4 is 5.32 Å². The fourth-order valence-corrected chi connectivity index (χ4v) is 3.73. The van der Waals surface area contributed by atoms with Crippen LogP contribution >= 0.6 is 0 Å². The van der Waals surface area contributed by atoms with Gasteiger partial charge in [0, 0.05) is 25.6 Å². The summed E-state index contributed by atoms with van der Waals surface area (Å²) in [4.78, 5) is 31.5. The molecule has 28 heavy (non-hydrogen) atoms. The molecule has 7 heteroatoms. The molecule has 1 aromatic carbocycles. The Morgan fingerprint density at radius 1 is 1.18 bits per heavy atom. The van der Waals surface area contributed by atoms with Gasteiger partial charge in [-0.05, 0) is 43.5 Å². The van der Waals surface area contributed by atoms with Crippen molar-refractivity contribution in [2.24, 2.45) is 5.92 Å². The number of benzene rings is 1. The number of fused-ring (bicyclic) bond motifs is 1. The van der Waals surface area contributed by atoms with Crippen LogP contribution in [-0.2, 0) is 11.3 Å². The van der Waals surface area contributed by atoms with E-state index >= 15 is 0 Å². The highest BCUT2D eigenvalue weighted by molar-refractivity contribution is 5.94. The van der Waals surface area contributed by atoms with Crippen molar-refractivity contribution in [1.29, 1.82) is 0 Å². The van der Waals surface area contributed by atoms with Crippen molar-refractivity contribution in [1.82, 2.24) is 14.5 Å². The zero-order valence-corrected chi connectivity index (χ0v) is 15.9. The average molecular weight is 380 g/mol. The van der Waals surface area contributed by atoms with Gasteiger partial charge in [-0.15, -0.1) is 0 Å². The van der Waals surface area contributed by atoms with Crippen LogP contribution in [0.1, 0.15) is 36.7 Å². The quantitative estimate of drug-likeness (QED) is 0.734. The van der Waals surface area contributed by atoms with E-state index in [2.05, 4.69) is 21.8 Å². The van der Waals surface area contributed by atoms with Crippen molar-refractivity contribution in [3.05, 3.63) is 48.4 Å². The van der Waals surface area contributed by atoms with Gasteiger partial charge >= 0.3 is 0 Å². The maximum Gasteiger partial charge on any atom is 0.289 e. The van der Waals surface area contributed by atoms with E-state index in [9.17, 15) is 9.59 Å². The molecule has 3 aromatic rings. The van der Waals surface area contributed by atoms with Crippen LogP contribution in [0.3, 0.4) is 0 Å². The van der Waals surface area contributed by atoms with Gasteiger partial charge in [0.1, 0.15) is 0 Å². The van der Waals surface area contributed by atoms with Gasteiger partial charge in [0.15, 0.2) is 5.76 Å². The second-order valence-corrected chi connectivity index (χ2v) is 7.11. The molecule has 4 rings (SSSR count). The van der Waals surface area contributed by atoms with Crippen molar-refractivity contribution >= 4 is 28.8 Å². The van der Waals surface area contributed by atoms with Gasteiger partial charge < -0.3 is 13.9 Å².